The van der Waals surface area contributed by atoms with E-state index in [4.69, 9.17) is 4.74 Å². The molecule has 0 unspecified atom stereocenters. The van der Waals surface area contributed by atoms with E-state index < -0.39 is 0 Å². The number of carbonyl (C=O) groups excluding carboxylic acids is 1. The molecule has 2 aromatic rings. The third-order valence-corrected chi connectivity index (χ3v) is 2.97. The monoisotopic (exact) mass is 285 g/mol. The molecule has 0 fully saturated rings. The summed E-state index contributed by atoms with van der Waals surface area (Å²) in [6.45, 7) is 2.48. The van der Waals surface area contributed by atoms with Crippen LogP contribution < -0.4 is 15.4 Å². The molecule has 1 aromatic heterocycles. The first-order valence-electron chi connectivity index (χ1n) is 6.84. The molecule has 0 spiro atoms. The Bertz CT molecular complexity index is 597. The molecule has 1 aromatic carbocycles. The van der Waals surface area contributed by atoms with E-state index in [-0.39, 0.29) is 5.91 Å². The second-order valence-electron chi connectivity index (χ2n) is 4.54. The minimum Gasteiger partial charge on any atom is -0.481 e. The van der Waals surface area contributed by atoms with Gasteiger partial charge in [-0.2, -0.15) is 0 Å². The molecule has 1 amide bonds. The van der Waals surface area contributed by atoms with E-state index in [1.54, 1.807) is 13.3 Å². The fourth-order valence-electron chi connectivity index (χ4n) is 1.80. The topological polar surface area (TPSA) is 63.2 Å². The van der Waals surface area contributed by atoms with Crippen LogP contribution in [0, 0.1) is 0 Å². The molecule has 2 N–H and O–H groups in total. The Kier molecular flexibility index (Phi) is 5.15. The molecule has 0 aliphatic heterocycles. The number of anilines is 2. The first-order chi connectivity index (χ1) is 10.2. The van der Waals surface area contributed by atoms with Crippen LogP contribution >= 0.6 is 0 Å². The zero-order chi connectivity index (χ0) is 15.1. The largest absolute Gasteiger partial charge is 0.481 e. The van der Waals surface area contributed by atoms with Crippen LogP contribution in [0.1, 0.15) is 18.9 Å². The zero-order valence-electron chi connectivity index (χ0n) is 12.2. The Morgan fingerprint density at radius 2 is 2.05 bits per heavy atom. The van der Waals surface area contributed by atoms with Gasteiger partial charge in [0.05, 0.1) is 7.11 Å². The van der Waals surface area contributed by atoms with E-state index in [1.807, 2.05) is 43.3 Å². The minimum atomic E-state index is 0.00602. The van der Waals surface area contributed by atoms with Crippen LogP contribution in [-0.4, -0.2) is 18.0 Å². The maximum Gasteiger partial charge on any atom is 0.224 e. The van der Waals surface area contributed by atoms with Crippen LogP contribution in [0.25, 0.3) is 0 Å². The van der Waals surface area contributed by atoms with Crippen molar-refractivity contribution in [3.63, 3.8) is 0 Å². The van der Waals surface area contributed by atoms with E-state index in [2.05, 4.69) is 15.6 Å². The second kappa shape index (κ2) is 7.28. The Balaban J connectivity index is 1.96. The number of amides is 1. The molecule has 0 radical (unpaired) electrons. The van der Waals surface area contributed by atoms with Crippen molar-refractivity contribution < 1.29 is 9.53 Å². The average Bonchev–Trinajstić information content (AvgIpc) is 2.53. The van der Waals surface area contributed by atoms with Crippen LogP contribution in [-0.2, 0) is 11.3 Å². The summed E-state index contributed by atoms with van der Waals surface area (Å²) in [6.07, 6.45) is 2.24. The summed E-state index contributed by atoms with van der Waals surface area (Å²) in [5.41, 5.74) is 2.79. The number of carbonyl (C=O) groups is 1. The molecule has 0 atom stereocenters. The van der Waals surface area contributed by atoms with Gasteiger partial charge in [-0.3, -0.25) is 4.79 Å². The average molecular weight is 285 g/mol. The highest BCUT2D eigenvalue weighted by Crippen LogP contribution is 2.16. The van der Waals surface area contributed by atoms with E-state index >= 15 is 0 Å². The molecule has 110 valence electrons. The zero-order valence-corrected chi connectivity index (χ0v) is 12.2. The molecule has 5 heteroatoms. The van der Waals surface area contributed by atoms with Gasteiger partial charge < -0.3 is 15.4 Å². The number of hydrogen-bond acceptors (Lipinski definition) is 4. The molecule has 0 saturated carbocycles. The minimum absolute atomic E-state index is 0.00602. The van der Waals surface area contributed by atoms with Crippen molar-refractivity contribution in [2.24, 2.45) is 0 Å². The Morgan fingerprint density at radius 1 is 1.24 bits per heavy atom. The first kappa shape index (κ1) is 14.8. The molecule has 0 bridgehead atoms. The standard InChI is InChI=1S/C16H19N3O2/c1-3-15(20)19-14-6-4-5-13(9-14)17-10-12-7-8-16(21-2)18-11-12/h4-9,11,17H,3,10H2,1-2H3,(H,19,20). The van der Waals surface area contributed by atoms with Crippen molar-refractivity contribution in [2.45, 2.75) is 19.9 Å². The first-order valence-corrected chi connectivity index (χ1v) is 6.84. The maximum absolute atomic E-state index is 11.4. The number of methoxy groups -OCH3 is 1. The molecular weight excluding hydrogens is 266 g/mol. The van der Waals surface area contributed by atoms with Gasteiger partial charge in [-0.05, 0) is 23.8 Å². The normalized spacial score (nSPS) is 10.0. The molecule has 0 saturated heterocycles. The maximum atomic E-state index is 11.4. The molecule has 2 rings (SSSR count). The predicted molar refractivity (Wildman–Crippen MR) is 83.5 cm³/mol. The Morgan fingerprint density at radius 3 is 2.71 bits per heavy atom. The highest BCUT2D eigenvalue weighted by atomic mass is 16.5. The van der Waals surface area contributed by atoms with Gasteiger partial charge in [0.15, 0.2) is 0 Å². The summed E-state index contributed by atoms with van der Waals surface area (Å²) < 4.78 is 5.02. The van der Waals surface area contributed by atoms with Crippen molar-refractivity contribution in [1.29, 1.82) is 0 Å². The second-order valence-corrected chi connectivity index (χ2v) is 4.54. The third-order valence-electron chi connectivity index (χ3n) is 2.97. The van der Waals surface area contributed by atoms with Gasteiger partial charge in [0.1, 0.15) is 0 Å². The van der Waals surface area contributed by atoms with Crippen LogP contribution in [0.5, 0.6) is 5.88 Å². The quantitative estimate of drug-likeness (QED) is 0.856. The molecular formula is C16H19N3O2. The molecule has 5 nitrogen and oxygen atoms in total. The third kappa shape index (κ3) is 4.49. The van der Waals surface area contributed by atoms with E-state index in [9.17, 15) is 4.79 Å². The van der Waals surface area contributed by atoms with Gasteiger partial charge in [-0.1, -0.05) is 19.1 Å². The Labute approximate surface area is 124 Å². The lowest BCUT2D eigenvalue weighted by atomic mass is 10.2. The smallest absolute Gasteiger partial charge is 0.224 e. The molecule has 1 heterocycles. The summed E-state index contributed by atoms with van der Waals surface area (Å²) in [5, 5.41) is 6.14. The number of aromatic nitrogens is 1. The lowest BCUT2D eigenvalue weighted by Crippen LogP contribution is -2.09. The summed E-state index contributed by atoms with van der Waals surface area (Å²) in [4.78, 5) is 15.5. The molecule has 21 heavy (non-hydrogen) atoms. The fraction of sp³-hybridized carbons (Fsp3) is 0.250. The lowest BCUT2D eigenvalue weighted by Gasteiger charge is -2.09. The van der Waals surface area contributed by atoms with Crippen LogP contribution in [0.4, 0.5) is 11.4 Å². The van der Waals surface area contributed by atoms with Crippen molar-refractivity contribution in [3.8, 4) is 5.88 Å². The summed E-state index contributed by atoms with van der Waals surface area (Å²) in [6, 6.07) is 11.4. The van der Waals surface area contributed by atoms with Gasteiger partial charge in [-0.25, -0.2) is 4.98 Å². The molecule has 0 aliphatic carbocycles. The number of benzene rings is 1. The number of ether oxygens (including phenoxy) is 1. The van der Waals surface area contributed by atoms with Gasteiger partial charge in [-0.15, -0.1) is 0 Å². The molecule has 0 aliphatic rings. The van der Waals surface area contributed by atoms with Gasteiger partial charge >= 0.3 is 0 Å². The van der Waals surface area contributed by atoms with Crippen molar-refractivity contribution in [3.05, 3.63) is 48.2 Å². The van der Waals surface area contributed by atoms with Crippen LogP contribution in [0.15, 0.2) is 42.6 Å². The number of rotatable bonds is 6. The number of nitrogens with one attached hydrogen (secondary N) is 2. The number of hydrogen-bond donors (Lipinski definition) is 2. The van der Waals surface area contributed by atoms with Crippen molar-refractivity contribution in [2.75, 3.05) is 17.7 Å². The predicted octanol–water partition coefficient (Wildman–Crippen LogP) is 3.05. The summed E-state index contributed by atoms with van der Waals surface area (Å²) in [5.74, 6) is 0.606. The summed E-state index contributed by atoms with van der Waals surface area (Å²) >= 11 is 0. The van der Waals surface area contributed by atoms with Crippen molar-refractivity contribution in [1.82, 2.24) is 4.98 Å². The van der Waals surface area contributed by atoms with Crippen molar-refractivity contribution >= 4 is 17.3 Å². The number of nitrogens with zero attached hydrogens (tertiary/aromatic N) is 1. The van der Waals surface area contributed by atoms with Gasteiger partial charge in [0.2, 0.25) is 11.8 Å². The van der Waals surface area contributed by atoms with E-state index in [0.29, 0.717) is 18.8 Å². The number of pyridine rings is 1. The fourth-order valence-corrected chi connectivity index (χ4v) is 1.80. The highest BCUT2D eigenvalue weighted by molar-refractivity contribution is 5.90. The van der Waals surface area contributed by atoms with E-state index in [0.717, 1.165) is 16.9 Å². The Hall–Kier alpha value is -2.56. The highest BCUT2D eigenvalue weighted by Gasteiger charge is 2.01. The van der Waals surface area contributed by atoms with Gasteiger partial charge in [0, 0.05) is 36.6 Å². The lowest BCUT2D eigenvalue weighted by molar-refractivity contribution is -0.115. The summed E-state index contributed by atoms with van der Waals surface area (Å²) in [7, 11) is 1.59. The van der Waals surface area contributed by atoms with Crippen LogP contribution in [0.3, 0.4) is 0 Å². The van der Waals surface area contributed by atoms with Gasteiger partial charge in [0.25, 0.3) is 0 Å². The van der Waals surface area contributed by atoms with Crippen LogP contribution in [0.2, 0.25) is 0 Å². The SMILES string of the molecule is CCC(=O)Nc1cccc(NCc2ccc(OC)nc2)c1. The van der Waals surface area contributed by atoms with E-state index in [1.165, 1.54) is 0 Å².